The van der Waals surface area contributed by atoms with E-state index in [1.807, 2.05) is 32.5 Å². The van der Waals surface area contributed by atoms with E-state index in [2.05, 4.69) is 20.4 Å². The van der Waals surface area contributed by atoms with Gasteiger partial charge in [-0.1, -0.05) is 13.8 Å². The lowest BCUT2D eigenvalue weighted by molar-refractivity contribution is 0.569. The Balaban J connectivity index is 0.000000861. The molecule has 2 aromatic heterocycles. The fourth-order valence-electron chi connectivity index (χ4n) is 1.93. The molecule has 2 heterocycles. The summed E-state index contributed by atoms with van der Waals surface area (Å²) >= 11 is 0. The molecule has 0 amide bonds. The molecule has 6 nitrogen and oxygen atoms in total. The number of aromatic nitrogens is 4. The van der Waals surface area contributed by atoms with Gasteiger partial charge in [-0.25, -0.2) is 14.6 Å². The molecule has 2 rings (SSSR count). The van der Waals surface area contributed by atoms with Crippen molar-refractivity contribution in [3.8, 4) is 0 Å². The number of rotatable bonds is 5. The van der Waals surface area contributed by atoms with Crippen LogP contribution in [0.25, 0.3) is 11.0 Å². The first-order valence-electron chi connectivity index (χ1n) is 6.84. The zero-order valence-electron chi connectivity index (χ0n) is 12.3. The minimum absolute atomic E-state index is 0.717. The smallest absolute Gasteiger partial charge is 0.163 e. The van der Waals surface area contributed by atoms with Gasteiger partial charge in [0.15, 0.2) is 5.65 Å². The molecular weight excluding hydrogens is 240 g/mol. The quantitative estimate of drug-likeness (QED) is 0.807. The highest BCUT2D eigenvalue weighted by Gasteiger charge is 2.12. The highest BCUT2D eigenvalue weighted by molar-refractivity contribution is 5.88. The molecule has 6 heteroatoms. The van der Waals surface area contributed by atoms with Crippen molar-refractivity contribution in [2.24, 2.45) is 5.73 Å². The number of nitrogens with zero attached hydrogens (tertiary/aromatic N) is 4. The Kier molecular flexibility index (Phi) is 6.21. The topological polar surface area (TPSA) is 81.7 Å². The van der Waals surface area contributed by atoms with Gasteiger partial charge in [-0.3, -0.25) is 0 Å². The lowest BCUT2D eigenvalue weighted by Crippen LogP contribution is -2.05. The SMILES string of the molecule is CC.CNc1ncnc2c1c(C)nn2CCCCN. The van der Waals surface area contributed by atoms with Crippen molar-refractivity contribution in [3.05, 3.63) is 12.0 Å². The largest absolute Gasteiger partial charge is 0.372 e. The van der Waals surface area contributed by atoms with E-state index in [1.54, 1.807) is 6.33 Å². The van der Waals surface area contributed by atoms with E-state index in [-0.39, 0.29) is 0 Å². The average molecular weight is 264 g/mol. The molecule has 19 heavy (non-hydrogen) atoms. The molecule has 106 valence electrons. The van der Waals surface area contributed by atoms with Gasteiger partial charge in [-0.15, -0.1) is 0 Å². The molecule has 0 saturated heterocycles. The molecule has 0 aliphatic rings. The Bertz CT molecular complexity index is 505. The van der Waals surface area contributed by atoms with Crippen LogP contribution in [0.3, 0.4) is 0 Å². The zero-order chi connectivity index (χ0) is 14.3. The maximum Gasteiger partial charge on any atom is 0.163 e. The second-order valence-corrected chi connectivity index (χ2v) is 3.98. The second-order valence-electron chi connectivity index (χ2n) is 3.98. The molecule has 0 aromatic carbocycles. The summed E-state index contributed by atoms with van der Waals surface area (Å²) in [7, 11) is 1.85. The Morgan fingerprint density at radius 2 is 2.00 bits per heavy atom. The van der Waals surface area contributed by atoms with Gasteiger partial charge >= 0.3 is 0 Å². The van der Waals surface area contributed by atoms with Crippen molar-refractivity contribution in [1.29, 1.82) is 0 Å². The summed E-state index contributed by atoms with van der Waals surface area (Å²) in [6.45, 7) is 7.54. The van der Waals surface area contributed by atoms with Crippen molar-refractivity contribution in [1.82, 2.24) is 19.7 Å². The van der Waals surface area contributed by atoms with Crippen LogP contribution in [0, 0.1) is 6.92 Å². The zero-order valence-corrected chi connectivity index (χ0v) is 12.3. The van der Waals surface area contributed by atoms with Crippen LogP contribution in [0.15, 0.2) is 6.33 Å². The number of nitrogens with one attached hydrogen (secondary N) is 1. The molecule has 0 bridgehead atoms. The number of anilines is 1. The van der Waals surface area contributed by atoms with E-state index in [0.717, 1.165) is 48.5 Å². The van der Waals surface area contributed by atoms with Crippen molar-refractivity contribution in [2.45, 2.75) is 40.2 Å². The van der Waals surface area contributed by atoms with Gasteiger partial charge in [0.25, 0.3) is 0 Å². The monoisotopic (exact) mass is 264 g/mol. The van der Waals surface area contributed by atoms with E-state index >= 15 is 0 Å². The summed E-state index contributed by atoms with van der Waals surface area (Å²) in [4.78, 5) is 8.51. The average Bonchev–Trinajstić information content (AvgIpc) is 2.78. The number of unbranched alkanes of at least 4 members (excludes halogenated alkanes) is 1. The molecule has 0 radical (unpaired) electrons. The van der Waals surface area contributed by atoms with Crippen LogP contribution in [0.4, 0.5) is 5.82 Å². The fourth-order valence-corrected chi connectivity index (χ4v) is 1.93. The fraction of sp³-hybridized carbons (Fsp3) is 0.615. The number of fused-ring (bicyclic) bond motifs is 1. The first-order valence-corrected chi connectivity index (χ1v) is 6.84. The van der Waals surface area contributed by atoms with Crippen LogP contribution in [0.5, 0.6) is 0 Å². The molecule has 0 atom stereocenters. The number of hydrogen-bond donors (Lipinski definition) is 2. The molecular formula is C13H24N6. The molecule has 0 fully saturated rings. The van der Waals surface area contributed by atoms with Crippen molar-refractivity contribution < 1.29 is 0 Å². The number of aryl methyl sites for hydroxylation is 2. The maximum atomic E-state index is 5.49. The molecule has 0 aliphatic heterocycles. The van der Waals surface area contributed by atoms with E-state index in [0.29, 0.717) is 0 Å². The Morgan fingerprint density at radius 3 is 2.63 bits per heavy atom. The van der Waals surface area contributed by atoms with E-state index < -0.39 is 0 Å². The van der Waals surface area contributed by atoms with Crippen LogP contribution in [-0.2, 0) is 6.54 Å². The molecule has 0 unspecified atom stereocenters. The summed E-state index contributed by atoms with van der Waals surface area (Å²) in [6.07, 6.45) is 3.59. The van der Waals surface area contributed by atoms with Gasteiger partial charge in [0.1, 0.15) is 12.1 Å². The third-order valence-corrected chi connectivity index (χ3v) is 2.77. The van der Waals surface area contributed by atoms with Gasteiger partial charge in [-0.05, 0) is 26.3 Å². The van der Waals surface area contributed by atoms with E-state index in [4.69, 9.17) is 5.73 Å². The summed E-state index contributed by atoms with van der Waals surface area (Å²) in [5.74, 6) is 0.831. The van der Waals surface area contributed by atoms with Gasteiger partial charge < -0.3 is 11.1 Å². The molecule has 3 N–H and O–H groups in total. The van der Waals surface area contributed by atoms with Crippen molar-refractivity contribution in [3.63, 3.8) is 0 Å². The number of hydrogen-bond acceptors (Lipinski definition) is 5. The van der Waals surface area contributed by atoms with Crippen molar-refractivity contribution in [2.75, 3.05) is 18.9 Å². The molecule has 2 aromatic rings. The first-order chi connectivity index (χ1) is 9.27. The predicted octanol–water partition coefficient (Wildman–Crippen LogP) is 1.94. The normalized spacial score (nSPS) is 10.2. The number of nitrogens with two attached hydrogens (primary N) is 1. The van der Waals surface area contributed by atoms with Crippen LogP contribution in [-0.4, -0.2) is 33.3 Å². The van der Waals surface area contributed by atoms with Gasteiger partial charge in [0.2, 0.25) is 0 Å². The highest BCUT2D eigenvalue weighted by Crippen LogP contribution is 2.22. The predicted molar refractivity (Wildman–Crippen MR) is 79.2 cm³/mol. The third-order valence-electron chi connectivity index (χ3n) is 2.77. The summed E-state index contributed by atoms with van der Waals surface area (Å²) in [5.41, 5.74) is 7.33. The Hall–Kier alpha value is -1.69. The summed E-state index contributed by atoms with van der Waals surface area (Å²) < 4.78 is 1.93. The Morgan fingerprint density at radius 1 is 1.26 bits per heavy atom. The molecule has 0 saturated carbocycles. The molecule has 0 spiro atoms. The van der Waals surface area contributed by atoms with Crippen LogP contribution in [0.1, 0.15) is 32.4 Å². The summed E-state index contributed by atoms with van der Waals surface area (Å²) in [6, 6.07) is 0. The highest BCUT2D eigenvalue weighted by atomic mass is 15.3. The summed E-state index contributed by atoms with van der Waals surface area (Å²) in [5, 5.41) is 8.57. The molecule has 0 aliphatic carbocycles. The lowest BCUT2D eigenvalue weighted by atomic mass is 10.3. The van der Waals surface area contributed by atoms with Gasteiger partial charge in [-0.2, -0.15) is 5.10 Å². The Labute approximate surface area is 114 Å². The van der Waals surface area contributed by atoms with Crippen LogP contribution in [0.2, 0.25) is 0 Å². The van der Waals surface area contributed by atoms with Crippen molar-refractivity contribution >= 4 is 16.9 Å². The second kappa shape index (κ2) is 7.68. The lowest BCUT2D eigenvalue weighted by Gasteiger charge is -2.03. The third kappa shape index (κ3) is 3.41. The van der Waals surface area contributed by atoms with Gasteiger partial charge in [0, 0.05) is 13.6 Å². The minimum Gasteiger partial charge on any atom is -0.372 e. The van der Waals surface area contributed by atoms with Crippen LogP contribution >= 0.6 is 0 Å². The minimum atomic E-state index is 0.717. The van der Waals surface area contributed by atoms with E-state index in [9.17, 15) is 0 Å². The van der Waals surface area contributed by atoms with Gasteiger partial charge in [0.05, 0.1) is 11.1 Å². The first kappa shape index (κ1) is 15.4. The van der Waals surface area contributed by atoms with E-state index in [1.165, 1.54) is 0 Å². The van der Waals surface area contributed by atoms with Crippen LogP contribution < -0.4 is 11.1 Å². The standard InChI is InChI=1S/C11H18N6.C2H6/c1-8-9-10(13-2)14-7-15-11(9)17(16-8)6-4-3-5-12;1-2/h7H,3-6,12H2,1-2H3,(H,13,14,15);1-2H3. The maximum absolute atomic E-state index is 5.49.